The van der Waals surface area contributed by atoms with Gasteiger partial charge in [0, 0.05) is 18.6 Å². The molecule has 3 aromatic rings. The largest absolute Gasteiger partial charge is 0.427 e. The standard InChI is InChI=1S/C43H55FO4/c1-2-36-20-22-38(23-21-36)35-47-34-18-16-14-12-10-8-6-4-3-5-7-9-11-13-15-17-19-43(46)48-41-31-24-37(25-32-41)26-33-42(45)39-27-29-40(44)30-28-39/h2,20-33H,1,3-19,34-35H2. The summed E-state index contributed by atoms with van der Waals surface area (Å²) in [5, 5.41) is 0. The Morgan fingerprint density at radius 2 is 1.10 bits per heavy atom. The molecule has 0 unspecified atom stereocenters. The second-order valence-corrected chi connectivity index (χ2v) is 12.7. The van der Waals surface area contributed by atoms with Crippen LogP contribution in [0.25, 0.3) is 12.2 Å². The van der Waals surface area contributed by atoms with Gasteiger partial charge in [-0.1, -0.05) is 145 Å². The first kappa shape index (κ1) is 38.6. The number of carbonyl (C=O) groups excluding carboxylic acids is 2. The lowest BCUT2D eigenvalue weighted by molar-refractivity contribution is -0.134. The molecule has 0 atom stereocenters. The maximum atomic E-state index is 13.0. The predicted octanol–water partition coefficient (Wildman–Crippen LogP) is 12.1. The Labute approximate surface area is 288 Å². The summed E-state index contributed by atoms with van der Waals surface area (Å²) in [6.07, 6.45) is 25.6. The number of allylic oxidation sites excluding steroid dienone is 1. The highest BCUT2D eigenvalue weighted by atomic mass is 19.1. The van der Waals surface area contributed by atoms with Crippen molar-refractivity contribution in [2.45, 2.75) is 116 Å². The smallest absolute Gasteiger partial charge is 0.311 e. The van der Waals surface area contributed by atoms with E-state index in [2.05, 4.69) is 30.8 Å². The molecule has 48 heavy (non-hydrogen) atoms. The van der Waals surface area contributed by atoms with Crippen LogP contribution in [0.3, 0.4) is 0 Å². The highest BCUT2D eigenvalue weighted by Gasteiger charge is 2.06. The Bertz CT molecular complexity index is 1340. The molecule has 3 aromatic carbocycles. The number of ether oxygens (including phenoxy) is 2. The third kappa shape index (κ3) is 17.4. The van der Waals surface area contributed by atoms with Gasteiger partial charge in [-0.25, -0.2) is 4.39 Å². The van der Waals surface area contributed by atoms with E-state index in [1.165, 1.54) is 119 Å². The van der Waals surface area contributed by atoms with Gasteiger partial charge in [-0.3, -0.25) is 9.59 Å². The number of hydrogen-bond acceptors (Lipinski definition) is 4. The maximum absolute atomic E-state index is 13.0. The van der Waals surface area contributed by atoms with E-state index < -0.39 is 0 Å². The minimum atomic E-state index is -0.373. The van der Waals surface area contributed by atoms with Crippen LogP contribution >= 0.6 is 0 Å². The van der Waals surface area contributed by atoms with E-state index >= 15 is 0 Å². The molecule has 0 N–H and O–H groups in total. The molecule has 0 saturated heterocycles. The molecule has 0 saturated carbocycles. The summed E-state index contributed by atoms with van der Waals surface area (Å²) >= 11 is 0. The van der Waals surface area contributed by atoms with Crippen LogP contribution in [0, 0.1) is 5.82 Å². The van der Waals surface area contributed by atoms with E-state index in [0.29, 0.717) is 24.3 Å². The van der Waals surface area contributed by atoms with Gasteiger partial charge < -0.3 is 9.47 Å². The van der Waals surface area contributed by atoms with Crippen molar-refractivity contribution in [1.82, 2.24) is 0 Å². The first-order valence-electron chi connectivity index (χ1n) is 18.1. The lowest BCUT2D eigenvalue weighted by atomic mass is 10.0. The van der Waals surface area contributed by atoms with Crippen molar-refractivity contribution in [3.05, 3.63) is 114 Å². The predicted molar refractivity (Wildman–Crippen MR) is 197 cm³/mol. The minimum absolute atomic E-state index is 0.199. The molecule has 3 rings (SSSR count). The van der Waals surface area contributed by atoms with E-state index in [0.717, 1.165) is 37.0 Å². The lowest BCUT2D eigenvalue weighted by Gasteiger charge is -2.06. The monoisotopic (exact) mass is 654 g/mol. The van der Waals surface area contributed by atoms with Gasteiger partial charge in [-0.05, 0) is 72.0 Å². The number of rotatable bonds is 26. The zero-order chi connectivity index (χ0) is 34.1. The number of halogens is 1. The van der Waals surface area contributed by atoms with Gasteiger partial charge in [0.1, 0.15) is 11.6 Å². The summed E-state index contributed by atoms with van der Waals surface area (Å²) < 4.78 is 24.3. The van der Waals surface area contributed by atoms with Crippen LogP contribution in [0.4, 0.5) is 4.39 Å². The second kappa shape index (κ2) is 24.3. The minimum Gasteiger partial charge on any atom is -0.427 e. The lowest BCUT2D eigenvalue weighted by Crippen LogP contribution is -2.07. The number of benzene rings is 3. The Morgan fingerprint density at radius 1 is 0.604 bits per heavy atom. The first-order chi connectivity index (χ1) is 23.5. The number of hydrogen-bond donors (Lipinski definition) is 0. The maximum Gasteiger partial charge on any atom is 0.311 e. The van der Waals surface area contributed by atoms with Crippen LogP contribution in [0.1, 0.15) is 136 Å². The summed E-state index contributed by atoms with van der Waals surface area (Å²) in [6.45, 7) is 5.34. The highest BCUT2D eigenvalue weighted by molar-refractivity contribution is 6.06. The fourth-order valence-electron chi connectivity index (χ4n) is 5.60. The summed E-state index contributed by atoms with van der Waals surface area (Å²) in [4.78, 5) is 24.4. The molecule has 5 heteroatoms. The van der Waals surface area contributed by atoms with E-state index in [-0.39, 0.29) is 17.6 Å². The molecule has 0 amide bonds. The van der Waals surface area contributed by atoms with E-state index in [4.69, 9.17) is 9.47 Å². The van der Waals surface area contributed by atoms with Crippen LogP contribution in [0.5, 0.6) is 5.75 Å². The van der Waals surface area contributed by atoms with Crippen molar-refractivity contribution in [3.8, 4) is 5.75 Å². The molecular formula is C43H55FO4. The zero-order valence-corrected chi connectivity index (χ0v) is 28.8. The van der Waals surface area contributed by atoms with Crippen molar-refractivity contribution in [2.24, 2.45) is 0 Å². The Morgan fingerprint density at radius 3 is 1.65 bits per heavy atom. The van der Waals surface area contributed by atoms with Gasteiger partial charge in [-0.15, -0.1) is 0 Å². The average Bonchev–Trinajstić information content (AvgIpc) is 3.11. The van der Waals surface area contributed by atoms with Gasteiger partial charge in [0.15, 0.2) is 5.78 Å². The van der Waals surface area contributed by atoms with Crippen molar-refractivity contribution >= 4 is 23.9 Å². The molecule has 0 aliphatic heterocycles. The fraction of sp³-hybridized carbons (Fsp3) is 0.442. The zero-order valence-electron chi connectivity index (χ0n) is 28.8. The van der Waals surface area contributed by atoms with Gasteiger partial charge in [0.25, 0.3) is 0 Å². The summed E-state index contributed by atoms with van der Waals surface area (Å²) in [5.74, 6) is -0.282. The fourth-order valence-corrected chi connectivity index (χ4v) is 5.60. The van der Waals surface area contributed by atoms with Gasteiger partial charge in [0.2, 0.25) is 0 Å². The number of esters is 1. The highest BCUT2D eigenvalue weighted by Crippen LogP contribution is 2.17. The number of carbonyl (C=O) groups is 2. The van der Waals surface area contributed by atoms with Gasteiger partial charge in [-0.2, -0.15) is 0 Å². The van der Waals surface area contributed by atoms with Crippen molar-refractivity contribution < 1.29 is 23.5 Å². The molecular weight excluding hydrogens is 599 g/mol. The molecule has 0 aliphatic carbocycles. The molecule has 0 heterocycles. The second-order valence-electron chi connectivity index (χ2n) is 12.7. The SMILES string of the molecule is C=Cc1ccc(COCCCCCCCCCCCCCCCCCCC(=O)Oc2ccc(C=CC(=O)c3ccc(F)cc3)cc2)cc1. The van der Waals surface area contributed by atoms with Crippen molar-refractivity contribution in [1.29, 1.82) is 0 Å². The van der Waals surface area contributed by atoms with Gasteiger partial charge >= 0.3 is 5.97 Å². The summed E-state index contributed by atoms with van der Waals surface area (Å²) in [7, 11) is 0. The third-order valence-electron chi connectivity index (χ3n) is 8.57. The number of ketones is 1. The topological polar surface area (TPSA) is 52.6 Å². The summed E-state index contributed by atoms with van der Waals surface area (Å²) in [5.41, 5.74) is 3.61. The quantitative estimate of drug-likeness (QED) is 0.0284. The van der Waals surface area contributed by atoms with Crippen LogP contribution in [0.2, 0.25) is 0 Å². The van der Waals surface area contributed by atoms with Crippen LogP contribution in [0.15, 0.2) is 85.5 Å². The molecule has 0 aliphatic rings. The average molecular weight is 655 g/mol. The Balaban J connectivity index is 1.05. The van der Waals surface area contributed by atoms with Crippen molar-refractivity contribution in [3.63, 3.8) is 0 Å². The molecule has 0 radical (unpaired) electrons. The van der Waals surface area contributed by atoms with Crippen molar-refractivity contribution in [2.75, 3.05) is 6.61 Å². The molecule has 0 aromatic heterocycles. The van der Waals surface area contributed by atoms with Crippen LogP contribution < -0.4 is 4.74 Å². The summed E-state index contributed by atoms with van der Waals surface area (Å²) in [6, 6.07) is 20.9. The molecule has 0 spiro atoms. The van der Waals surface area contributed by atoms with Gasteiger partial charge in [0.05, 0.1) is 6.61 Å². The van der Waals surface area contributed by atoms with E-state index in [9.17, 15) is 14.0 Å². The van der Waals surface area contributed by atoms with E-state index in [1.54, 1.807) is 30.3 Å². The molecule has 4 nitrogen and oxygen atoms in total. The van der Waals surface area contributed by atoms with E-state index in [1.807, 2.05) is 6.08 Å². The van der Waals surface area contributed by atoms with Crippen LogP contribution in [-0.4, -0.2) is 18.4 Å². The molecule has 0 fully saturated rings. The Hall–Kier alpha value is -3.83. The molecule has 258 valence electrons. The first-order valence-corrected chi connectivity index (χ1v) is 18.1. The van der Waals surface area contributed by atoms with Crippen LogP contribution in [-0.2, 0) is 16.1 Å². The Kier molecular flexibility index (Phi) is 19.6. The molecule has 0 bridgehead atoms. The number of unbranched alkanes of at least 4 members (excludes halogenated alkanes) is 15. The normalized spacial score (nSPS) is 11.2. The third-order valence-corrected chi connectivity index (χ3v) is 8.57.